The maximum atomic E-state index is 5.51. The Morgan fingerprint density at radius 3 is 2.50 bits per heavy atom. The van der Waals surface area contributed by atoms with Crippen molar-refractivity contribution >= 4 is 23.0 Å². The molecule has 0 aliphatic heterocycles. The normalized spacial score (nSPS) is 12.2. The van der Waals surface area contributed by atoms with Gasteiger partial charge in [-0.3, -0.25) is 0 Å². The number of anilines is 2. The first kappa shape index (κ1) is 14.7. The van der Waals surface area contributed by atoms with Crippen LogP contribution in [-0.2, 0) is 6.42 Å². The quantitative estimate of drug-likeness (QED) is 0.580. The van der Waals surface area contributed by atoms with Crippen LogP contribution in [-0.4, -0.2) is 15.0 Å². The molecule has 108 valence electrons. The molecule has 0 fully saturated rings. The van der Waals surface area contributed by atoms with Crippen LogP contribution in [0.2, 0.25) is 0 Å². The minimum absolute atomic E-state index is 0.0950. The lowest BCUT2D eigenvalue weighted by Gasteiger charge is -2.16. The average molecular weight is 292 g/mol. The number of hydrogen-bond donors (Lipinski definition) is 3. The first-order valence-corrected chi connectivity index (χ1v) is 7.45. The maximum Gasteiger partial charge on any atom is 0.148 e. The van der Waals surface area contributed by atoms with Gasteiger partial charge in [0.2, 0.25) is 0 Å². The number of rotatable bonds is 5. The van der Waals surface area contributed by atoms with Gasteiger partial charge in [0, 0.05) is 23.1 Å². The molecule has 7 heteroatoms. The molecule has 2 rings (SSSR count). The van der Waals surface area contributed by atoms with Crippen molar-refractivity contribution in [3.63, 3.8) is 0 Å². The lowest BCUT2D eigenvalue weighted by Crippen LogP contribution is -2.16. The molecule has 4 N–H and O–H groups in total. The molecule has 20 heavy (non-hydrogen) atoms. The Morgan fingerprint density at radius 1 is 1.25 bits per heavy atom. The van der Waals surface area contributed by atoms with Crippen molar-refractivity contribution in [1.82, 2.24) is 15.0 Å². The molecule has 2 heterocycles. The van der Waals surface area contributed by atoms with Crippen molar-refractivity contribution < 1.29 is 0 Å². The van der Waals surface area contributed by atoms with Gasteiger partial charge in [-0.05, 0) is 20.8 Å². The Balaban J connectivity index is 2.28. The average Bonchev–Trinajstić information content (AvgIpc) is 2.87. The zero-order valence-electron chi connectivity index (χ0n) is 12.2. The lowest BCUT2D eigenvalue weighted by atomic mass is 10.2. The summed E-state index contributed by atoms with van der Waals surface area (Å²) in [4.78, 5) is 13.4. The minimum Gasteiger partial charge on any atom is -0.361 e. The van der Waals surface area contributed by atoms with Crippen LogP contribution in [0.3, 0.4) is 0 Å². The van der Waals surface area contributed by atoms with Gasteiger partial charge in [0.1, 0.15) is 22.5 Å². The van der Waals surface area contributed by atoms with Crippen LogP contribution < -0.4 is 16.6 Å². The third kappa shape index (κ3) is 3.05. The van der Waals surface area contributed by atoms with Crippen molar-refractivity contribution in [2.24, 2.45) is 5.84 Å². The van der Waals surface area contributed by atoms with Crippen molar-refractivity contribution in [3.05, 3.63) is 27.5 Å². The van der Waals surface area contributed by atoms with Gasteiger partial charge in [-0.25, -0.2) is 20.8 Å². The molecular formula is C13H20N6S. The molecule has 2 aromatic heterocycles. The number of nitrogens with zero attached hydrogens (tertiary/aromatic N) is 3. The van der Waals surface area contributed by atoms with Crippen molar-refractivity contribution in [2.45, 2.75) is 40.2 Å². The molecule has 0 spiro atoms. The van der Waals surface area contributed by atoms with E-state index in [2.05, 4.69) is 32.6 Å². The summed E-state index contributed by atoms with van der Waals surface area (Å²) in [5.41, 5.74) is 4.57. The minimum atomic E-state index is 0.0950. The molecule has 0 aromatic carbocycles. The fourth-order valence-corrected chi connectivity index (χ4v) is 2.64. The summed E-state index contributed by atoms with van der Waals surface area (Å²) >= 11 is 1.65. The Kier molecular flexibility index (Phi) is 4.51. The Bertz CT molecular complexity index is 595. The summed E-state index contributed by atoms with van der Waals surface area (Å²) in [6.07, 6.45) is 0.758. The highest BCUT2D eigenvalue weighted by molar-refractivity contribution is 7.09. The molecular weight excluding hydrogens is 272 g/mol. The number of hydrazine groups is 1. The van der Waals surface area contributed by atoms with Crippen molar-refractivity contribution in [2.75, 3.05) is 10.7 Å². The zero-order valence-corrected chi connectivity index (χ0v) is 13.0. The molecule has 6 nitrogen and oxygen atoms in total. The molecule has 0 aliphatic carbocycles. The predicted octanol–water partition coefficient (Wildman–Crippen LogP) is 2.57. The van der Waals surface area contributed by atoms with E-state index in [0.717, 1.165) is 34.3 Å². The number of thiazole rings is 1. The Hall–Kier alpha value is -1.73. The highest BCUT2D eigenvalue weighted by Gasteiger charge is 2.14. The fourth-order valence-electron chi connectivity index (χ4n) is 1.84. The van der Waals surface area contributed by atoms with Crippen molar-refractivity contribution in [1.29, 1.82) is 0 Å². The van der Waals surface area contributed by atoms with E-state index >= 15 is 0 Å². The lowest BCUT2D eigenvalue weighted by molar-refractivity contribution is 0.838. The standard InChI is InChI=1S/C13H20N6S/c1-5-10-17-11(8(3)12(18-10)19-14)16-9(4)13-15-7(2)6-20-13/h6,9H,5,14H2,1-4H3,(H2,16,17,18,19). The van der Waals surface area contributed by atoms with Crippen molar-refractivity contribution in [3.8, 4) is 0 Å². The number of nitrogen functional groups attached to an aromatic ring is 1. The van der Waals surface area contributed by atoms with Gasteiger partial charge in [0.15, 0.2) is 0 Å². The smallest absolute Gasteiger partial charge is 0.148 e. The molecule has 2 aromatic rings. The van der Waals surface area contributed by atoms with Gasteiger partial charge in [-0.15, -0.1) is 11.3 Å². The summed E-state index contributed by atoms with van der Waals surface area (Å²) in [6.45, 7) is 8.02. The second-order valence-corrected chi connectivity index (χ2v) is 5.54. The molecule has 0 aliphatic rings. The molecule has 0 bridgehead atoms. The van der Waals surface area contributed by atoms with Gasteiger partial charge < -0.3 is 10.7 Å². The monoisotopic (exact) mass is 292 g/mol. The van der Waals surface area contributed by atoms with E-state index in [1.54, 1.807) is 11.3 Å². The highest BCUT2D eigenvalue weighted by Crippen LogP contribution is 2.25. The molecule has 0 amide bonds. The second-order valence-electron chi connectivity index (χ2n) is 4.65. The first-order chi connectivity index (χ1) is 9.55. The van der Waals surface area contributed by atoms with E-state index in [4.69, 9.17) is 5.84 Å². The van der Waals surface area contributed by atoms with Crippen LogP contribution in [0, 0.1) is 13.8 Å². The summed E-state index contributed by atoms with van der Waals surface area (Å²) in [5.74, 6) is 7.72. The zero-order chi connectivity index (χ0) is 14.7. The Morgan fingerprint density at radius 2 is 1.95 bits per heavy atom. The first-order valence-electron chi connectivity index (χ1n) is 6.57. The van der Waals surface area contributed by atoms with E-state index in [1.165, 1.54) is 0 Å². The number of aryl methyl sites for hydroxylation is 2. The third-order valence-electron chi connectivity index (χ3n) is 3.01. The van der Waals surface area contributed by atoms with Gasteiger partial charge in [-0.1, -0.05) is 6.92 Å². The number of nitrogens with one attached hydrogen (secondary N) is 2. The number of nitrogens with two attached hydrogens (primary N) is 1. The van der Waals surface area contributed by atoms with Crippen LogP contribution in [0.5, 0.6) is 0 Å². The topological polar surface area (TPSA) is 88.8 Å². The molecule has 1 unspecified atom stereocenters. The third-order valence-corrected chi connectivity index (χ3v) is 4.15. The van der Waals surface area contributed by atoms with Crippen LogP contribution in [0.25, 0.3) is 0 Å². The van der Waals surface area contributed by atoms with E-state index in [0.29, 0.717) is 5.82 Å². The summed E-state index contributed by atoms with van der Waals surface area (Å²) < 4.78 is 0. The van der Waals surface area contributed by atoms with Crippen LogP contribution >= 0.6 is 11.3 Å². The second kappa shape index (κ2) is 6.15. The summed E-state index contributed by atoms with van der Waals surface area (Å²) in [6, 6.07) is 0.0950. The van der Waals surface area contributed by atoms with E-state index in [-0.39, 0.29) is 6.04 Å². The van der Waals surface area contributed by atoms with E-state index < -0.39 is 0 Å². The Labute approximate surface area is 122 Å². The molecule has 0 radical (unpaired) electrons. The van der Waals surface area contributed by atoms with Gasteiger partial charge in [0.25, 0.3) is 0 Å². The van der Waals surface area contributed by atoms with Gasteiger partial charge in [0.05, 0.1) is 6.04 Å². The van der Waals surface area contributed by atoms with Crippen LogP contribution in [0.4, 0.5) is 11.6 Å². The fraction of sp³-hybridized carbons (Fsp3) is 0.462. The van der Waals surface area contributed by atoms with E-state index in [9.17, 15) is 0 Å². The highest BCUT2D eigenvalue weighted by atomic mass is 32.1. The van der Waals surface area contributed by atoms with Crippen LogP contribution in [0.1, 0.15) is 42.0 Å². The number of hydrogen-bond acceptors (Lipinski definition) is 7. The molecule has 1 atom stereocenters. The SMILES string of the molecule is CCc1nc(NN)c(C)c(NC(C)c2nc(C)cs2)n1. The number of aromatic nitrogens is 3. The van der Waals surface area contributed by atoms with Crippen LogP contribution in [0.15, 0.2) is 5.38 Å². The van der Waals surface area contributed by atoms with E-state index in [1.807, 2.05) is 26.2 Å². The molecule has 0 saturated carbocycles. The largest absolute Gasteiger partial charge is 0.361 e. The summed E-state index contributed by atoms with van der Waals surface area (Å²) in [5, 5.41) is 6.48. The maximum absolute atomic E-state index is 5.51. The van der Waals surface area contributed by atoms with Gasteiger partial charge in [-0.2, -0.15) is 0 Å². The van der Waals surface area contributed by atoms with Gasteiger partial charge >= 0.3 is 0 Å². The predicted molar refractivity (Wildman–Crippen MR) is 82.8 cm³/mol. The summed E-state index contributed by atoms with van der Waals surface area (Å²) in [7, 11) is 0. The molecule has 0 saturated heterocycles.